The molecule has 0 fully saturated rings. The van der Waals surface area contributed by atoms with E-state index in [1.165, 1.54) is 0 Å². The number of carbonyl (C=O) groups excluding carboxylic acids is 1. The number of carbonyl (C=O) groups is 1. The quantitative estimate of drug-likeness (QED) is 0.825. The zero-order valence-electron chi connectivity index (χ0n) is 9.64. The van der Waals surface area contributed by atoms with Gasteiger partial charge < -0.3 is 11.1 Å². The summed E-state index contributed by atoms with van der Waals surface area (Å²) in [6.07, 6.45) is 2.99. The van der Waals surface area contributed by atoms with Gasteiger partial charge >= 0.3 is 0 Å². The molecular weight excluding hydrogens is 228 g/mol. The second kappa shape index (κ2) is 7.24. The lowest BCUT2D eigenvalue weighted by Crippen LogP contribution is -2.25. The van der Waals surface area contributed by atoms with E-state index in [1.807, 2.05) is 6.92 Å². The molecule has 0 bridgehead atoms. The summed E-state index contributed by atoms with van der Waals surface area (Å²) < 4.78 is 1.78. The van der Waals surface area contributed by atoms with Gasteiger partial charge in [0.25, 0.3) is 0 Å². The number of nitrogens with zero attached hydrogens (tertiary/aromatic N) is 2. The molecule has 0 saturated carbocycles. The van der Waals surface area contributed by atoms with E-state index in [-0.39, 0.29) is 24.4 Å². The molecule has 1 unspecified atom stereocenters. The van der Waals surface area contributed by atoms with E-state index in [1.54, 1.807) is 16.9 Å². The van der Waals surface area contributed by atoms with Crippen LogP contribution < -0.4 is 11.1 Å². The molecule has 1 aromatic rings. The van der Waals surface area contributed by atoms with Crippen LogP contribution in [0.25, 0.3) is 0 Å². The van der Waals surface area contributed by atoms with Gasteiger partial charge in [0, 0.05) is 25.1 Å². The number of nitrogens with one attached hydrogen (secondary N) is 1. The Hall–Kier alpha value is -1.07. The molecule has 0 aliphatic heterocycles. The first-order valence-electron chi connectivity index (χ1n) is 5.20. The van der Waals surface area contributed by atoms with Gasteiger partial charge in [-0.15, -0.1) is 12.4 Å². The number of rotatable bonds is 5. The molecule has 1 rings (SSSR count). The number of hydrogen-bond acceptors (Lipinski definition) is 3. The highest BCUT2D eigenvalue weighted by molar-refractivity contribution is 5.90. The van der Waals surface area contributed by atoms with E-state index < -0.39 is 0 Å². The molecule has 1 atom stereocenters. The molecule has 0 radical (unpaired) electrons. The number of amides is 1. The highest BCUT2D eigenvalue weighted by Gasteiger charge is 2.08. The van der Waals surface area contributed by atoms with Gasteiger partial charge in [0.2, 0.25) is 5.91 Å². The van der Waals surface area contributed by atoms with Crippen molar-refractivity contribution >= 4 is 24.1 Å². The van der Waals surface area contributed by atoms with E-state index in [9.17, 15) is 4.79 Å². The molecule has 5 nitrogen and oxygen atoms in total. The zero-order chi connectivity index (χ0) is 11.3. The molecule has 0 spiro atoms. The van der Waals surface area contributed by atoms with Gasteiger partial charge in [-0.3, -0.25) is 4.79 Å². The molecule has 0 aromatic carbocycles. The Balaban J connectivity index is 0.00000225. The molecule has 1 aromatic heterocycles. The molecule has 16 heavy (non-hydrogen) atoms. The van der Waals surface area contributed by atoms with Crippen molar-refractivity contribution < 1.29 is 4.79 Å². The van der Waals surface area contributed by atoms with E-state index in [0.717, 1.165) is 18.8 Å². The van der Waals surface area contributed by atoms with E-state index in [4.69, 9.17) is 5.73 Å². The van der Waals surface area contributed by atoms with Crippen molar-refractivity contribution in [3.8, 4) is 0 Å². The Morgan fingerprint density at radius 2 is 2.38 bits per heavy atom. The van der Waals surface area contributed by atoms with Gasteiger partial charge in [-0.1, -0.05) is 6.92 Å². The Kier molecular flexibility index (Phi) is 6.76. The number of aromatic nitrogens is 2. The minimum atomic E-state index is -0.118. The van der Waals surface area contributed by atoms with E-state index in [0.29, 0.717) is 6.42 Å². The third-order valence-electron chi connectivity index (χ3n) is 1.93. The minimum absolute atomic E-state index is 0. The van der Waals surface area contributed by atoms with Crippen LogP contribution in [0.5, 0.6) is 0 Å². The highest BCUT2D eigenvalue weighted by Crippen LogP contribution is 2.07. The largest absolute Gasteiger partial charge is 0.327 e. The number of aryl methyl sites for hydroxylation is 1. The van der Waals surface area contributed by atoms with Crippen LogP contribution in [0.1, 0.15) is 26.7 Å². The average Bonchev–Trinajstić information content (AvgIpc) is 2.52. The first-order chi connectivity index (χ1) is 7.13. The van der Waals surface area contributed by atoms with E-state index >= 15 is 0 Å². The van der Waals surface area contributed by atoms with Crippen LogP contribution in [0, 0.1) is 0 Å². The van der Waals surface area contributed by atoms with Crippen molar-refractivity contribution in [1.29, 1.82) is 0 Å². The van der Waals surface area contributed by atoms with Crippen LogP contribution in [0.2, 0.25) is 0 Å². The summed E-state index contributed by atoms with van der Waals surface area (Å²) in [6.45, 7) is 4.68. The van der Waals surface area contributed by atoms with Crippen LogP contribution in [-0.4, -0.2) is 21.7 Å². The number of halogens is 1. The number of hydrogen-bond donors (Lipinski definition) is 2. The Labute approximate surface area is 102 Å². The molecule has 0 aliphatic rings. The topological polar surface area (TPSA) is 72.9 Å². The Bertz CT molecular complexity index is 324. The molecule has 0 saturated heterocycles. The fourth-order valence-corrected chi connectivity index (χ4v) is 1.32. The summed E-state index contributed by atoms with van der Waals surface area (Å²) in [5.41, 5.74) is 5.54. The lowest BCUT2D eigenvalue weighted by molar-refractivity contribution is -0.116. The maximum Gasteiger partial charge on any atom is 0.227 e. The van der Waals surface area contributed by atoms with Crippen molar-refractivity contribution in [3.05, 3.63) is 12.3 Å². The van der Waals surface area contributed by atoms with Crippen LogP contribution in [0.15, 0.2) is 12.3 Å². The number of anilines is 1. The molecular formula is C10H19ClN4O. The SMILES string of the molecule is CCCn1nccc1NC(=O)CC(C)N.Cl. The van der Waals surface area contributed by atoms with Crippen LogP contribution in [0.4, 0.5) is 5.82 Å². The van der Waals surface area contributed by atoms with Crippen LogP contribution in [0.3, 0.4) is 0 Å². The Morgan fingerprint density at radius 3 is 2.94 bits per heavy atom. The van der Waals surface area contributed by atoms with Gasteiger partial charge in [0.05, 0.1) is 6.20 Å². The van der Waals surface area contributed by atoms with Crippen molar-refractivity contribution in [3.63, 3.8) is 0 Å². The highest BCUT2D eigenvalue weighted by atomic mass is 35.5. The summed E-state index contributed by atoms with van der Waals surface area (Å²) in [5.74, 6) is 0.672. The molecule has 1 heterocycles. The average molecular weight is 247 g/mol. The van der Waals surface area contributed by atoms with Crippen molar-refractivity contribution in [2.45, 2.75) is 39.3 Å². The van der Waals surface area contributed by atoms with Crippen molar-refractivity contribution in [2.24, 2.45) is 5.73 Å². The smallest absolute Gasteiger partial charge is 0.227 e. The minimum Gasteiger partial charge on any atom is -0.327 e. The third kappa shape index (κ3) is 4.63. The second-order valence-corrected chi connectivity index (χ2v) is 3.67. The second-order valence-electron chi connectivity index (χ2n) is 3.67. The monoisotopic (exact) mass is 246 g/mol. The maximum atomic E-state index is 11.4. The summed E-state index contributed by atoms with van der Waals surface area (Å²) in [4.78, 5) is 11.4. The summed E-state index contributed by atoms with van der Waals surface area (Å²) in [7, 11) is 0. The standard InChI is InChI=1S/C10H18N4O.ClH/c1-3-6-14-9(4-5-12-14)13-10(15)7-8(2)11;/h4-5,8H,3,6-7,11H2,1-2H3,(H,13,15);1H. The van der Waals surface area contributed by atoms with Gasteiger partial charge in [0.1, 0.15) is 5.82 Å². The van der Waals surface area contributed by atoms with Gasteiger partial charge in [-0.25, -0.2) is 4.68 Å². The number of nitrogens with two attached hydrogens (primary N) is 1. The predicted octanol–water partition coefficient (Wildman–Crippen LogP) is 1.39. The van der Waals surface area contributed by atoms with Crippen LogP contribution >= 0.6 is 12.4 Å². The third-order valence-corrected chi connectivity index (χ3v) is 1.93. The lowest BCUT2D eigenvalue weighted by atomic mass is 10.2. The van der Waals surface area contributed by atoms with Crippen LogP contribution in [-0.2, 0) is 11.3 Å². The van der Waals surface area contributed by atoms with Gasteiger partial charge in [-0.2, -0.15) is 5.10 Å². The fourth-order valence-electron chi connectivity index (χ4n) is 1.32. The molecule has 6 heteroatoms. The van der Waals surface area contributed by atoms with Crippen molar-refractivity contribution in [2.75, 3.05) is 5.32 Å². The Morgan fingerprint density at radius 1 is 1.69 bits per heavy atom. The molecule has 3 N–H and O–H groups in total. The first-order valence-corrected chi connectivity index (χ1v) is 5.20. The lowest BCUT2D eigenvalue weighted by Gasteiger charge is -2.09. The molecule has 0 aliphatic carbocycles. The molecule has 92 valence electrons. The van der Waals surface area contributed by atoms with Gasteiger partial charge in [0.15, 0.2) is 0 Å². The van der Waals surface area contributed by atoms with Gasteiger partial charge in [-0.05, 0) is 13.3 Å². The normalized spacial score (nSPS) is 11.7. The van der Waals surface area contributed by atoms with Crippen molar-refractivity contribution in [1.82, 2.24) is 9.78 Å². The zero-order valence-corrected chi connectivity index (χ0v) is 10.5. The summed E-state index contributed by atoms with van der Waals surface area (Å²) in [6, 6.07) is 1.67. The fraction of sp³-hybridized carbons (Fsp3) is 0.600. The maximum absolute atomic E-state index is 11.4. The molecule has 1 amide bonds. The summed E-state index contributed by atoms with van der Waals surface area (Å²) in [5, 5.41) is 6.90. The first kappa shape index (κ1) is 14.9. The summed E-state index contributed by atoms with van der Waals surface area (Å²) >= 11 is 0. The van der Waals surface area contributed by atoms with E-state index in [2.05, 4.69) is 17.3 Å². The predicted molar refractivity (Wildman–Crippen MR) is 66.7 cm³/mol.